The van der Waals surface area contributed by atoms with E-state index in [2.05, 4.69) is 13.0 Å². The highest BCUT2D eigenvalue weighted by Gasteiger charge is 2.61. The molecule has 0 amide bonds. The molecule has 3 nitrogen and oxygen atoms in total. The third-order valence-electron chi connectivity index (χ3n) is 8.32. The summed E-state index contributed by atoms with van der Waals surface area (Å²) in [5.41, 5.74) is -0.0229. The maximum atomic E-state index is 12.6. The second-order valence-electron chi connectivity index (χ2n) is 8.89. The van der Waals surface area contributed by atoms with Crippen LogP contribution in [0.25, 0.3) is 0 Å². The summed E-state index contributed by atoms with van der Waals surface area (Å²) >= 11 is 0. The van der Waals surface area contributed by atoms with E-state index in [-0.39, 0.29) is 5.41 Å². The van der Waals surface area contributed by atoms with Gasteiger partial charge < -0.3 is 0 Å². The molecule has 124 valence electrons. The van der Waals surface area contributed by atoms with Crippen LogP contribution in [0.2, 0.25) is 0 Å². The van der Waals surface area contributed by atoms with Crippen molar-refractivity contribution in [3.8, 4) is 6.07 Å². The maximum absolute atomic E-state index is 12.6. The summed E-state index contributed by atoms with van der Waals surface area (Å²) in [6.07, 6.45) is 9.03. The quantitative estimate of drug-likeness (QED) is 0.733. The first-order chi connectivity index (χ1) is 11.0. The van der Waals surface area contributed by atoms with E-state index in [1.54, 1.807) is 0 Å². The molecule has 23 heavy (non-hydrogen) atoms. The Labute approximate surface area is 138 Å². The molecule has 1 unspecified atom stereocenters. The fraction of sp³-hybridized carbons (Fsp3) is 0.850. The van der Waals surface area contributed by atoms with E-state index in [0.717, 1.165) is 44.9 Å². The molecule has 0 radical (unpaired) electrons. The fourth-order valence-electron chi connectivity index (χ4n) is 7.09. The molecule has 4 rings (SSSR count). The molecule has 4 aliphatic carbocycles. The summed E-state index contributed by atoms with van der Waals surface area (Å²) in [7, 11) is 0. The van der Waals surface area contributed by atoms with Crippen LogP contribution in [0.3, 0.4) is 0 Å². The minimum absolute atomic E-state index is 0.293. The lowest BCUT2D eigenvalue weighted by Gasteiger charge is -2.59. The van der Waals surface area contributed by atoms with E-state index in [4.69, 9.17) is 0 Å². The highest BCUT2D eigenvalue weighted by atomic mass is 16.1. The molecule has 0 aromatic heterocycles. The average Bonchev–Trinajstić information content (AvgIpc) is 2.86. The Morgan fingerprint density at radius 1 is 1.09 bits per heavy atom. The Balaban J connectivity index is 1.66. The molecule has 6 atom stereocenters. The van der Waals surface area contributed by atoms with E-state index in [1.165, 1.54) is 6.42 Å². The lowest BCUT2D eigenvalue weighted by molar-refractivity contribution is -0.145. The van der Waals surface area contributed by atoms with Crippen LogP contribution in [0.15, 0.2) is 0 Å². The normalized spacial score (nSPS) is 49.0. The predicted molar refractivity (Wildman–Crippen MR) is 86.3 cm³/mol. The van der Waals surface area contributed by atoms with Crippen LogP contribution >= 0.6 is 0 Å². The van der Waals surface area contributed by atoms with E-state index in [0.29, 0.717) is 53.5 Å². The maximum Gasteiger partial charge on any atom is 0.140 e. The van der Waals surface area contributed by atoms with Gasteiger partial charge in [0.25, 0.3) is 0 Å². The second kappa shape index (κ2) is 5.16. The smallest absolute Gasteiger partial charge is 0.140 e. The van der Waals surface area contributed by atoms with Crippen LogP contribution in [0.5, 0.6) is 0 Å². The van der Waals surface area contributed by atoms with Gasteiger partial charge in [-0.2, -0.15) is 5.26 Å². The molecule has 0 spiro atoms. The largest absolute Gasteiger partial charge is 0.300 e. The molecule has 3 heteroatoms. The molecule has 0 aromatic carbocycles. The van der Waals surface area contributed by atoms with Crippen molar-refractivity contribution in [2.24, 2.45) is 34.5 Å². The van der Waals surface area contributed by atoms with E-state index in [9.17, 15) is 14.9 Å². The molecular formula is C20H27NO2. The zero-order valence-electron chi connectivity index (χ0n) is 14.1. The molecule has 0 aromatic rings. The zero-order valence-corrected chi connectivity index (χ0v) is 14.1. The molecule has 0 saturated heterocycles. The molecule has 4 aliphatic rings. The Bertz CT molecular complexity index is 591. The number of carbonyl (C=O) groups is 2. The highest BCUT2D eigenvalue weighted by Crippen LogP contribution is 2.65. The van der Waals surface area contributed by atoms with Crippen LogP contribution in [0, 0.1) is 45.8 Å². The van der Waals surface area contributed by atoms with Crippen LogP contribution in [-0.2, 0) is 9.59 Å². The summed E-state index contributed by atoms with van der Waals surface area (Å²) in [6.45, 7) is 2.43. The van der Waals surface area contributed by atoms with Gasteiger partial charge in [0.1, 0.15) is 11.6 Å². The van der Waals surface area contributed by atoms with Crippen molar-refractivity contribution in [1.29, 1.82) is 5.26 Å². The predicted octanol–water partition coefficient (Wildman–Crippen LogP) is 4.06. The van der Waals surface area contributed by atoms with Crippen LogP contribution < -0.4 is 0 Å². The number of fused-ring (bicyclic) bond motifs is 5. The summed E-state index contributed by atoms with van der Waals surface area (Å²) in [5.74, 6) is 3.09. The SMILES string of the molecule is C[C@]12CCC(=O)CC1CC[C@H]1[C@@H]3CCC(=O)[C@@]3(CC#N)CC[C@@H]12. The van der Waals surface area contributed by atoms with Crippen LogP contribution in [0.1, 0.15) is 71.1 Å². The van der Waals surface area contributed by atoms with E-state index < -0.39 is 0 Å². The third kappa shape index (κ3) is 2.00. The van der Waals surface area contributed by atoms with Gasteiger partial charge in [0.2, 0.25) is 0 Å². The van der Waals surface area contributed by atoms with Gasteiger partial charge in [-0.25, -0.2) is 0 Å². The van der Waals surface area contributed by atoms with Crippen molar-refractivity contribution in [3.63, 3.8) is 0 Å². The van der Waals surface area contributed by atoms with Gasteiger partial charge in [0.15, 0.2) is 0 Å². The molecular weight excluding hydrogens is 286 g/mol. The van der Waals surface area contributed by atoms with Crippen molar-refractivity contribution in [3.05, 3.63) is 0 Å². The summed E-state index contributed by atoms with van der Waals surface area (Å²) < 4.78 is 0. The molecule has 0 N–H and O–H groups in total. The van der Waals surface area contributed by atoms with Crippen LogP contribution in [-0.4, -0.2) is 11.6 Å². The minimum Gasteiger partial charge on any atom is -0.300 e. The van der Waals surface area contributed by atoms with Gasteiger partial charge in [-0.1, -0.05) is 6.92 Å². The molecule has 0 heterocycles. The molecule has 0 bridgehead atoms. The van der Waals surface area contributed by atoms with Gasteiger partial charge in [-0.15, -0.1) is 0 Å². The highest BCUT2D eigenvalue weighted by molar-refractivity contribution is 5.88. The molecule has 4 fully saturated rings. The fourth-order valence-corrected chi connectivity index (χ4v) is 7.09. The summed E-state index contributed by atoms with van der Waals surface area (Å²) in [6, 6.07) is 2.33. The number of nitriles is 1. The average molecular weight is 313 g/mol. The third-order valence-corrected chi connectivity index (χ3v) is 8.32. The lowest BCUT2D eigenvalue weighted by Crippen LogP contribution is -2.54. The van der Waals surface area contributed by atoms with Gasteiger partial charge >= 0.3 is 0 Å². The number of hydrogen-bond donors (Lipinski definition) is 0. The van der Waals surface area contributed by atoms with Crippen LogP contribution in [0.4, 0.5) is 0 Å². The van der Waals surface area contributed by atoms with E-state index >= 15 is 0 Å². The number of Topliss-reactive ketones (excluding diaryl/α,β-unsaturated/α-hetero) is 2. The summed E-state index contributed by atoms with van der Waals surface area (Å²) in [5, 5.41) is 9.30. The van der Waals surface area contributed by atoms with Gasteiger partial charge in [-0.05, 0) is 67.6 Å². The Kier molecular flexibility index (Phi) is 3.45. The first kappa shape index (κ1) is 15.4. The number of carbonyl (C=O) groups excluding carboxylic acids is 2. The zero-order chi connectivity index (χ0) is 16.2. The topological polar surface area (TPSA) is 57.9 Å². The number of rotatable bonds is 1. The van der Waals surface area contributed by atoms with Gasteiger partial charge in [-0.3, -0.25) is 9.59 Å². The van der Waals surface area contributed by atoms with Crippen molar-refractivity contribution in [2.75, 3.05) is 0 Å². The Morgan fingerprint density at radius 3 is 2.70 bits per heavy atom. The minimum atomic E-state index is -0.316. The molecule has 4 saturated carbocycles. The van der Waals surface area contributed by atoms with Crippen molar-refractivity contribution >= 4 is 11.6 Å². The summed E-state index contributed by atoms with van der Waals surface area (Å²) in [4.78, 5) is 24.5. The second-order valence-corrected chi connectivity index (χ2v) is 8.89. The van der Waals surface area contributed by atoms with Crippen molar-refractivity contribution in [1.82, 2.24) is 0 Å². The standard InChI is InChI=1S/C20H27NO2/c1-19-8-6-14(22)12-13(19)2-3-15-16(19)7-9-20(10-11-21)17(15)4-5-18(20)23/h13,15-17H,2-10,12H2,1H3/t13?,15-,16+,17+,19+,20-/m1/s1. The molecule has 0 aliphatic heterocycles. The Morgan fingerprint density at radius 2 is 1.91 bits per heavy atom. The lowest BCUT2D eigenvalue weighted by atomic mass is 9.45. The number of hydrogen-bond acceptors (Lipinski definition) is 3. The number of ketones is 2. The van der Waals surface area contributed by atoms with E-state index in [1.807, 2.05) is 0 Å². The Hall–Kier alpha value is -1.17. The number of nitrogens with zero attached hydrogens (tertiary/aromatic N) is 1. The monoisotopic (exact) mass is 313 g/mol. The van der Waals surface area contributed by atoms with Gasteiger partial charge in [0, 0.05) is 31.1 Å². The van der Waals surface area contributed by atoms with Crippen molar-refractivity contribution < 1.29 is 9.59 Å². The first-order valence-electron chi connectivity index (χ1n) is 9.43. The van der Waals surface area contributed by atoms with Gasteiger partial charge in [0.05, 0.1) is 6.07 Å². The van der Waals surface area contributed by atoms with Crippen molar-refractivity contribution in [2.45, 2.75) is 71.1 Å². The first-order valence-corrected chi connectivity index (χ1v) is 9.43.